The highest BCUT2D eigenvalue weighted by Gasteiger charge is 2.11. The van der Waals surface area contributed by atoms with E-state index in [4.69, 9.17) is 11.6 Å². The Hall–Kier alpha value is -2.66. The summed E-state index contributed by atoms with van der Waals surface area (Å²) in [5.41, 5.74) is 1.63. The number of rotatable bonds is 7. The van der Waals surface area contributed by atoms with Crippen molar-refractivity contribution in [1.82, 2.24) is 15.3 Å². The lowest BCUT2D eigenvalue weighted by Gasteiger charge is -2.12. The molecule has 0 aliphatic rings. The molecule has 140 valence electrons. The molecule has 1 aromatic heterocycles. The van der Waals surface area contributed by atoms with Crippen LogP contribution < -0.4 is 10.6 Å². The predicted octanol–water partition coefficient (Wildman–Crippen LogP) is 4.52. The van der Waals surface area contributed by atoms with Crippen molar-refractivity contribution < 1.29 is 4.79 Å². The first-order valence-corrected chi connectivity index (χ1v) is 9.44. The number of benzene rings is 2. The number of hydrogen-bond acceptors (Lipinski definition) is 4. The molecular weight excluding hydrogens is 360 g/mol. The van der Waals surface area contributed by atoms with Crippen LogP contribution in [0.2, 0.25) is 5.02 Å². The number of para-hydroxylation sites is 1. The minimum absolute atomic E-state index is 0.0658. The van der Waals surface area contributed by atoms with Crippen LogP contribution in [0.1, 0.15) is 20.3 Å². The lowest BCUT2D eigenvalue weighted by Crippen LogP contribution is -2.29. The molecule has 2 aromatic carbocycles. The molecule has 3 rings (SSSR count). The number of halogens is 1. The Kier molecular flexibility index (Phi) is 6.24. The smallest absolute Gasteiger partial charge is 0.220 e. The second-order valence-corrected chi connectivity index (χ2v) is 7.17. The third kappa shape index (κ3) is 4.95. The van der Waals surface area contributed by atoms with Crippen LogP contribution >= 0.6 is 11.6 Å². The van der Waals surface area contributed by atoms with Crippen molar-refractivity contribution in [3.05, 3.63) is 53.6 Å². The monoisotopic (exact) mass is 382 g/mol. The first-order valence-electron chi connectivity index (χ1n) is 9.07. The summed E-state index contributed by atoms with van der Waals surface area (Å²) >= 11 is 6.32. The zero-order valence-corrected chi connectivity index (χ0v) is 16.3. The van der Waals surface area contributed by atoms with Crippen LogP contribution in [-0.4, -0.2) is 29.0 Å². The number of carbonyl (C=O) groups excluding carboxylic acids is 1. The summed E-state index contributed by atoms with van der Waals surface area (Å²) < 4.78 is 0. The fourth-order valence-electron chi connectivity index (χ4n) is 2.80. The van der Waals surface area contributed by atoms with Gasteiger partial charge in [0.2, 0.25) is 5.91 Å². The Balaban J connectivity index is 1.80. The molecule has 0 radical (unpaired) electrons. The lowest BCUT2D eigenvalue weighted by atomic mass is 10.1. The van der Waals surface area contributed by atoms with E-state index in [1.54, 1.807) is 0 Å². The minimum atomic E-state index is 0.0658. The molecule has 2 N–H and O–H groups in total. The average molecular weight is 383 g/mol. The maximum atomic E-state index is 11.8. The zero-order valence-electron chi connectivity index (χ0n) is 15.5. The molecule has 5 nitrogen and oxygen atoms in total. The number of nitrogens with one attached hydrogen (secondary N) is 2. The maximum Gasteiger partial charge on any atom is 0.220 e. The molecule has 0 aliphatic carbocycles. The first-order chi connectivity index (χ1) is 13.0. The van der Waals surface area contributed by atoms with E-state index in [1.165, 1.54) is 0 Å². The van der Waals surface area contributed by atoms with Crippen LogP contribution in [-0.2, 0) is 4.79 Å². The van der Waals surface area contributed by atoms with Crippen molar-refractivity contribution in [2.24, 2.45) is 5.92 Å². The van der Waals surface area contributed by atoms with Crippen LogP contribution in [0.15, 0.2) is 48.5 Å². The van der Waals surface area contributed by atoms with Crippen molar-refractivity contribution >= 4 is 34.2 Å². The Bertz CT molecular complexity index is 942. The van der Waals surface area contributed by atoms with Crippen molar-refractivity contribution in [1.29, 1.82) is 0 Å². The summed E-state index contributed by atoms with van der Waals surface area (Å²) in [6.45, 7) is 5.17. The average Bonchev–Trinajstić information content (AvgIpc) is 2.64. The van der Waals surface area contributed by atoms with E-state index >= 15 is 0 Å². The number of amides is 1. The zero-order chi connectivity index (χ0) is 19.2. The molecule has 0 aliphatic heterocycles. The van der Waals surface area contributed by atoms with E-state index in [-0.39, 0.29) is 5.91 Å². The van der Waals surface area contributed by atoms with Crippen LogP contribution in [0.3, 0.4) is 0 Å². The third-order valence-corrected chi connectivity index (χ3v) is 4.38. The number of carbonyl (C=O) groups is 1. The summed E-state index contributed by atoms with van der Waals surface area (Å²) in [5.74, 6) is 1.72. The predicted molar refractivity (Wildman–Crippen MR) is 111 cm³/mol. The van der Waals surface area contributed by atoms with Gasteiger partial charge in [0, 0.05) is 30.5 Å². The van der Waals surface area contributed by atoms with Gasteiger partial charge in [0.25, 0.3) is 0 Å². The molecular formula is C21H23ClN4O. The van der Waals surface area contributed by atoms with Crippen molar-refractivity contribution in [2.75, 3.05) is 18.4 Å². The Morgan fingerprint density at radius 1 is 1.04 bits per heavy atom. The first kappa shape index (κ1) is 19.1. The Morgan fingerprint density at radius 3 is 2.56 bits per heavy atom. The van der Waals surface area contributed by atoms with Crippen LogP contribution in [0.5, 0.6) is 0 Å². The number of hydrogen-bond donors (Lipinski definition) is 2. The third-order valence-electron chi connectivity index (χ3n) is 4.05. The molecule has 0 atom stereocenters. The molecule has 27 heavy (non-hydrogen) atoms. The topological polar surface area (TPSA) is 66.9 Å². The van der Waals surface area contributed by atoms with Gasteiger partial charge in [0.15, 0.2) is 5.82 Å². The van der Waals surface area contributed by atoms with Gasteiger partial charge in [-0.15, -0.1) is 0 Å². The molecule has 0 bridgehead atoms. The van der Waals surface area contributed by atoms with E-state index in [2.05, 4.69) is 20.6 Å². The normalized spacial score (nSPS) is 11.0. The van der Waals surface area contributed by atoms with Crippen molar-refractivity contribution in [3.63, 3.8) is 0 Å². The number of nitrogens with zero attached hydrogens (tertiary/aromatic N) is 2. The summed E-state index contributed by atoms with van der Waals surface area (Å²) in [4.78, 5) is 21.1. The maximum absolute atomic E-state index is 11.8. The summed E-state index contributed by atoms with van der Waals surface area (Å²) in [6.07, 6.45) is 0.535. The van der Waals surface area contributed by atoms with E-state index in [9.17, 15) is 4.79 Å². The summed E-state index contributed by atoms with van der Waals surface area (Å²) in [7, 11) is 0. The van der Waals surface area contributed by atoms with Gasteiger partial charge in [-0.25, -0.2) is 9.97 Å². The second-order valence-electron chi connectivity index (χ2n) is 6.77. The molecule has 0 spiro atoms. The minimum Gasteiger partial charge on any atom is -0.368 e. The fourth-order valence-corrected chi connectivity index (χ4v) is 3.02. The van der Waals surface area contributed by atoms with Gasteiger partial charge < -0.3 is 10.6 Å². The molecule has 3 aromatic rings. The highest BCUT2D eigenvalue weighted by Crippen LogP contribution is 2.28. The van der Waals surface area contributed by atoms with E-state index in [1.807, 2.05) is 62.4 Å². The lowest BCUT2D eigenvalue weighted by molar-refractivity contribution is -0.121. The van der Waals surface area contributed by atoms with Crippen molar-refractivity contribution in [3.8, 4) is 11.4 Å². The SMILES string of the molecule is CC(C)CC(=O)NCCNc1nc(-c2ccccc2Cl)nc2ccccc12. The highest BCUT2D eigenvalue weighted by atomic mass is 35.5. The van der Waals surface area contributed by atoms with Crippen LogP contribution in [0.4, 0.5) is 5.82 Å². The van der Waals surface area contributed by atoms with Crippen molar-refractivity contribution in [2.45, 2.75) is 20.3 Å². The summed E-state index contributed by atoms with van der Waals surface area (Å²) in [6, 6.07) is 15.4. The second kappa shape index (κ2) is 8.82. The molecule has 0 saturated heterocycles. The molecule has 0 saturated carbocycles. The summed E-state index contributed by atoms with van der Waals surface area (Å²) in [5, 5.41) is 7.78. The Morgan fingerprint density at radius 2 is 1.78 bits per heavy atom. The van der Waals surface area contributed by atoms with Gasteiger partial charge in [0.1, 0.15) is 5.82 Å². The fraction of sp³-hybridized carbons (Fsp3) is 0.286. The molecule has 1 amide bonds. The van der Waals surface area contributed by atoms with Crippen LogP contribution in [0.25, 0.3) is 22.3 Å². The van der Waals surface area contributed by atoms with Crippen LogP contribution in [0, 0.1) is 5.92 Å². The van der Waals surface area contributed by atoms with Gasteiger partial charge in [-0.3, -0.25) is 4.79 Å². The Labute approximate surface area is 164 Å². The van der Waals surface area contributed by atoms with Gasteiger partial charge >= 0.3 is 0 Å². The number of aromatic nitrogens is 2. The van der Waals surface area contributed by atoms with E-state index in [0.717, 1.165) is 22.3 Å². The molecule has 0 unspecified atom stereocenters. The standard InChI is InChI=1S/C21H23ClN4O/c1-14(2)13-19(27)23-11-12-24-20-16-8-4-6-10-18(16)25-21(26-20)15-7-3-5-9-17(15)22/h3-10,14H,11-13H2,1-2H3,(H,23,27)(H,24,25,26). The molecule has 6 heteroatoms. The van der Waals surface area contributed by atoms with Gasteiger partial charge in [-0.05, 0) is 30.2 Å². The van der Waals surface area contributed by atoms with Gasteiger partial charge in [-0.2, -0.15) is 0 Å². The van der Waals surface area contributed by atoms with Gasteiger partial charge in [0.05, 0.1) is 10.5 Å². The molecule has 1 heterocycles. The van der Waals surface area contributed by atoms with Gasteiger partial charge in [-0.1, -0.05) is 49.7 Å². The largest absolute Gasteiger partial charge is 0.368 e. The number of fused-ring (bicyclic) bond motifs is 1. The molecule has 0 fully saturated rings. The van der Waals surface area contributed by atoms with E-state index in [0.29, 0.717) is 36.3 Å². The number of anilines is 1. The quantitative estimate of drug-likeness (QED) is 0.589. The van der Waals surface area contributed by atoms with E-state index < -0.39 is 0 Å². The highest BCUT2D eigenvalue weighted by molar-refractivity contribution is 6.33.